The van der Waals surface area contributed by atoms with E-state index in [2.05, 4.69) is 33.9 Å². The zero-order chi connectivity index (χ0) is 20.7. The van der Waals surface area contributed by atoms with Gasteiger partial charge < -0.3 is 20.3 Å². The molecule has 3 aromatic rings. The summed E-state index contributed by atoms with van der Waals surface area (Å²) in [5.41, 5.74) is 12.7. The monoisotopic (exact) mass is 414 g/mol. The number of aryl methyl sites for hydroxylation is 1. The number of halogens is 1. The fourth-order valence-corrected chi connectivity index (χ4v) is 4.50. The van der Waals surface area contributed by atoms with E-state index in [9.17, 15) is 5.11 Å². The molecule has 3 N–H and O–H groups in total. The van der Waals surface area contributed by atoms with Crippen molar-refractivity contribution in [1.29, 1.82) is 0 Å². The molecule has 0 saturated carbocycles. The zero-order valence-electron chi connectivity index (χ0n) is 16.6. The average molecular weight is 415 g/mol. The maximum Gasteiger partial charge on any atom is 0.223 e. The van der Waals surface area contributed by atoms with Crippen LogP contribution < -0.4 is 10.6 Å². The normalized spacial score (nSPS) is 15.8. The third kappa shape index (κ3) is 3.32. The summed E-state index contributed by atoms with van der Waals surface area (Å²) in [4.78, 5) is 15.4. The Morgan fingerprint density at radius 1 is 1.28 bits per heavy atom. The van der Waals surface area contributed by atoms with Crippen LogP contribution in [0.5, 0.6) is 0 Å². The molecule has 1 aliphatic rings. The first-order valence-electron chi connectivity index (χ1n) is 9.51. The van der Waals surface area contributed by atoms with Crippen molar-refractivity contribution in [2.45, 2.75) is 39.7 Å². The van der Waals surface area contributed by atoms with E-state index in [4.69, 9.17) is 26.8 Å². The summed E-state index contributed by atoms with van der Waals surface area (Å²) in [5.74, 6) is 0.613. The summed E-state index contributed by atoms with van der Waals surface area (Å²) in [6.07, 6.45) is 4.15. The SMILES string of the molecule is CCc1c(C)nc(-c2cnoc2)c(CN2CC(CO)c3c(Cl)nc(N)nc32)c1C. The summed E-state index contributed by atoms with van der Waals surface area (Å²) in [6.45, 7) is 7.33. The van der Waals surface area contributed by atoms with Crippen molar-refractivity contribution in [2.24, 2.45) is 0 Å². The maximum absolute atomic E-state index is 9.86. The van der Waals surface area contributed by atoms with Gasteiger partial charge in [-0.15, -0.1) is 0 Å². The first kappa shape index (κ1) is 19.6. The molecule has 0 amide bonds. The predicted molar refractivity (Wildman–Crippen MR) is 111 cm³/mol. The number of nitrogens with zero attached hydrogens (tertiary/aromatic N) is 5. The largest absolute Gasteiger partial charge is 0.396 e. The molecule has 0 aliphatic carbocycles. The lowest BCUT2D eigenvalue weighted by molar-refractivity contribution is 0.270. The Kier molecular flexibility index (Phi) is 5.14. The van der Waals surface area contributed by atoms with Crippen LogP contribution >= 0.6 is 11.6 Å². The van der Waals surface area contributed by atoms with Crippen LogP contribution in [0.3, 0.4) is 0 Å². The van der Waals surface area contributed by atoms with E-state index in [0.717, 1.165) is 34.5 Å². The molecule has 4 rings (SSSR count). The number of nitrogens with two attached hydrogens (primary N) is 1. The highest BCUT2D eigenvalue weighted by molar-refractivity contribution is 6.30. The summed E-state index contributed by atoms with van der Waals surface area (Å²) < 4.78 is 5.06. The standard InChI is InChI=1S/C20H23ClN6O2/c1-4-14-10(2)15(17(24-11(14)3)12-5-23-29-9-12)7-27-6-13(8-28)16-18(21)25-20(22)26-19(16)27/h5,9,13,28H,4,6-8H2,1-3H3,(H2,22,25,26). The predicted octanol–water partition coefficient (Wildman–Crippen LogP) is 3.04. The van der Waals surface area contributed by atoms with Crippen molar-refractivity contribution in [2.75, 3.05) is 23.8 Å². The van der Waals surface area contributed by atoms with Gasteiger partial charge in [0.15, 0.2) is 0 Å². The van der Waals surface area contributed by atoms with E-state index in [-0.39, 0.29) is 18.5 Å². The van der Waals surface area contributed by atoms with Gasteiger partial charge in [-0.1, -0.05) is 23.7 Å². The van der Waals surface area contributed by atoms with Crippen LogP contribution in [0.25, 0.3) is 11.3 Å². The fraction of sp³-hybridized carbons (Fsp3) is 0.400. The smallest absolute Gasteiger partial charge is 0.223 e. The Balaban J connectivity index is 1.84. The first-order valence-corrected chi connectivity index (χ1v) is 9.89. The molecule has 0 bridgehead atoms. The Labute approximate surface area is 173 Å². The Morgan fingerprint density at radius 3 is 2.72 bits per heavy atom. The molecule has 152 valence electrons. The van der Waals surface area contributed by atoms with Crippen LogP contribution in [-0.2, 0) is 13.0 Å². The van der Waals surface area contributed by atoms with E-state index in [0.29, 0.717) is 24.1 Å². The van der Waals surface area contributed by atoms with Gasteiger partial charge in [0.25, 0.3) is 0 Å². The molecule has 4 heterocycles. The molecular formula is C20H23ClN6O2. The zero-order valence-corrected chi connectivity index (χ0v) is 17.4. The highest BCUT2D eigenvalue weighted by atomic mass is 35.5. The number of aliphatic hydroxyl groups excluding tert-OH is 1. The number of aromatic nitrogens is 4. The highest BCUT2D eigenvalue weighted by Gasteiger charge is 2.34. The van der Waals surface area contributed by atoms with E-state index in [1.807, 2.05) is 6.92 Å². The van der Waals surface area contributed by atoms with Gasteiger partial charge in [0, 0.05) is 35.8 Å². The minimum atomic E-state index is -0.165. The van der Waals surface area contributed by atoms with Gasteiger partial charge in [-0.05, 0) is 31.4 Å². The van der Waals surface area contributed by atoms with Gasteiger partial charge in [-0.25, -0.2) is 4.98 Å². The van der Waals surface area contributed by atoms with E-state index >= 15 is 0 Å². The van der Waals surface area contributed by atoms with Crippen molar-refractivity contribution in [3.63, 3.8) is 0 Å². The van der Waals surface area contributed by atoms with Gasteiger partial charge in [0.05, 0.1) is 24.1 Å². The topological polar surface area (TPSA) is 114 Å². The molecule has 0 saturated heterocycles. The number of rotatable bonds is 5. The molecule has 0 spiro atoms. The lowest BCUT2D eigenvalue weighted by Crippen LogP contribution is -2.24. The van der Waals surface area contributed by atoms with Crippen LogP contribution in [0, 0.1) is 13.8 Å². The van der Waals surface area contributed by atoms with Gasteiger partial charge in [-0.2, -0.15) is 4.98 Å². The lowest BCUT2D eigenvalue weighted by Gasteiger charge is -2.23. The molecule has 0 radical (unpaired) electrons. The third-order valence-electron chi connectivity index (χ3n) is 5.58. The molecule has 1 atom stereocenters. The van der Waals surface area contributed by atoms with Crippen molar-refractivity contribution < 1.29 is 9.63 Å². The summed E-state index contributed by atoms with van der Waals surface area (Å²) in [5, 5.41) is 14.0. The molecule has 1 unspecified atom stereocenters. The van der Waals surface area contributed by atoms with Gasteiger partial charge in [-0.3, -0.25) is 4.98 Å². The van der Waals surface area contributed by atoms with Crippen LogP contribution in [0.4, 0.5) is 11.8 Å². The fourth-order valence-electron chi connectivity index (χ4n) is 4.17. The number of hydrogen-bond donors (Lipinski definition) is 2. The summed E-state index contributed by atoms with van der Waals surface area (Å²) >= 11 is 6.33. The molecular weight excluding hydrogens is 392 g/mol. The molecule has 0 aromatic carbocycles. The minimum absolute atomic E-state index is 0.0413. The summed E-state index contributed by atoms with van der Waals surface area (Å²) in [7, 11) is 0. The van der Waals surface area contributed by atoms with Crippen molar-refractivity contribution in [1.82, 2.24) is 20.1 Å². The second kappa shape index (κ2) is 7.61. The minimum Gasteiger partial charge on any atom is -0.396 e. The average Bonchev–Trinajstić information content (AvgIpc) is 3.32. The molecule has 0 fully saturated rings. The lowest BCUT2D eigenvalue weighted by atomic mass is 9.95. The van der Waals surface area contributed by atoms with Crippen LogP contribution in [0.1, 0.15) is 40.8 Å². The molecule has 9 heteroatoms. The highest BCUT2D eigenvalue weighted by Crippen LogP contribution is 2.41. The quantitative estimate of drug-likeness (QED) is 0.612. The molecule has 29 heavy (non-hydrogen) atoms. The van der Waals surface area contributed by atoms with E-state index < -0.39 is 0 Å². The van der Waals surface area contributed by atoms with Gasteiger partial charge >= 0.3 is 0 Å². The second-order valence-corrected chi connectivity index (χ2v) is 7.62. The first-order chi connectivity index (χ1) is 13.9. The third-order valence-corrected chi connectivity index (χ3v) is 5.87. The number of pyridine rings is 1. The Bertz CT molecular complexity index is 1050. The van der Waals surface area contributed by atoms with Crippen molar-refractivity contribution >= 4 is 23.4 Å². The van der Waals surface area contributed by atoms with Gasteiger partial charge in [0.2, 0.25) is 5.95 Å². The number of fused-ring (bicyclic) bond motifs is 1. The van der Waals surface area contributed by atoms with Crippen LogP contribution in [-0.4, -0.2) is 38.4 Å². The molecule has 8 nitrogen and oxygen atoms in total. The van der Waals surface area contributed by atoms with Crippen LogP contribution in [0.2, 0.25) is 5.15 Å². The van der Waals surface area contributed by atoms with E-state index in [1.54, 1.807) is 12.5 Å². The van der Waals surface area contributed by atoms with Crippen LogP contribution in [0.15, 0.2) is 17.0 Å². The van der Waals surface area contributed by atoms with Crippen molar-refractivity contribution in [3.8, 4) is 11.3 Å². The molecule has 1 aliphatic heterocycles. The number of hydrogen-bond acceptors (Lipinski definition) is 8. The second-order valence-electron chi connectivity index (χ2n) is 7.26. The van der Waals surface area contributed by atoms with E-state index in [1.165, 1.54) is 11.1 Å². The number of anilines is 2. The Hall–Kier alpha value is -2.71. The Morgan fingerprint density at radius 2 is 2.07 bits per heavy atom. The van der Waals surface area contributed by atoms with Gasteiger partial charge in [0.1, 0.15) is 17.2 Å². The van der Waals surface area contributed by atoms with Crippen molar-refractivity contribution in [3.05, 3.63) is 45.6 Å². The number of nitrogen functional groups attached to an aromatic ring is 1. The molecule has 3 aromatic heterocycles. The maximum atomic E-state index is 9.86. The summed E-state index contributed by atoms with van der Waals surface area (Å²) in [6, 6.07) is 0. The number of aliphatic hydroxyl groups is 1.